The van der Waals surface area contributed by atoms with Gasteiger partial charge in [-0.2, -0.15) is 0 Å². The van der Waals surface area contributed by atoms with Crippen molar-refractivity contribution in [2.24, 2.45) is 23.7 Å². The molecule has 0 saturated heterocycles. The molecule has 0 amide bonds. The van der Waals surface area contributed by atoms with E-state index in [-0.39, 0.29) is 5.41 Å². The molecule has 0 radical (unpaired) electrons. The quantitative estimate of drug-likeness (QED) is 0.167. The molecule has 0 unspecified atom stereocenters. The van der Waals surface area contributed by atoms with Crippen LogP contribution in [-0.2, 0) is 5.41 Å². The van der Waals surface area contributed by atoms with Crippen LogP contribution >= 0.6 is 0 Å². The lowest BCUT2D eigenvalue weighted by atomic mass is 9.42. The lowest BCUT2D eigenvalue weighted by Crippen LogP contribution is -2.56. The SMILES string of the molecule is c1ccc(N(c2ccccc2)c2ccc(C3(c4ccc(N(c5ccccc5)c5ccccc5)cc4)C4CC5CC(C4)CC3C5)cc2)cc1. The second-order valence-corrected chi connectivity index (χ2v) is 14.3. The highest BCUT2D eigenvalue weighted by atomic mass is 15.1. The van der Waals surface area contributed by atoms with Crippen molar-refractivity contribution in [1.82, 2.24) is 0 Å². The second kappa shape index (κ2) is 12.2. The zero-order valence-corrected chi connectivity index (χ0v) is 27.4. The molecule has 4 bridgehead atoms. The molecule has 0 N–H and O–H groups in total. The number of nitrogens with zero attached hydrogens (tertiary/aromatic N) is 2. The molecule has 236 valence electrons. The van der Waals surface area contributed by atoms with E-state index < -0.39 is 0 Å². The Hall–Kier alpha value is -5.08. The molecular weight excluding hydrogens is 581 g/mol. The third kappa shape index (κ3) is 4.94. The molecule has 2 nitrogen and oxygen atoms in total. The topological polar surface area (TPSA) is 6.48 Å². The first-order valence-corrected chi connectivity index (χ1v) is 17.8. The predicted molar refractivity (Wildman–Crippen MR) is 200 cm³/mol. The Morgan fingerprint density at radius 3 is 0.875 bits per heavy atom. The van der Waals surface area contributed by atoms with E-state index in [1.807, 2.05) is 0 Å². The van der Waals surface area contributed by atoms with Crippen LogP contribution in [0.1, 0.15) is 43.2 Å². The number of anilines is 6. The molecule has 10 rings (SSSR count). The normalized spacial score (nSPS) is 21.9. The van der Waals surface area contributed by atoms with Crippen molar-refractivity contribution in [3.63, 3.8) is 0 Å². The molecule has 48 heavy (non-hydrogen) atoms. The summed E-state index contributed by atoms with van der Waals surface area (Å²) < 4.78 is 0. The minimum Gasteiger partial charge on any atom is -0.311 e. The van der Waals surface area contributed by atoms with Crippen molar-refractivity contribution in [2.75, 3.05) is 9.80 Å². The van der Waals surface area contributed by atoms with Gasteiger partial charge >= 0.3 is 0 Å². The summed E-state index contributed by atoms with van der Waals surface area (Å²) in [6.07, 6.45) is 6.88. The molecule has 0 aromatic heterocycles. The predicted octanol–water partition coefficient (Wildman–Crippen LogP) is 12.4. The van der Waals surface area contributed by atoms with Crippen LogP contribution in [0, 0.1) is 23.7 Å². The third-order valence-electron chi connectivity index (χ3n) is 11.7. The molecule has 6 aromatic carbocycles. The van der Waals surface area contributed by atoms with Crippen LogP contribution in [0.2, 0.25) is 0 Å². The summed E-state index contributed by atoms with van der Waals surface area (Å²) >= 11 is 0. The molecule has 0 aliphatic heterocycles. The zero-order chi connectivity index (χ0) is 31.9. The summed E-state index contributed by atoms with van der Waals surface area (Å²) in [6, 6.07) is 62.5. The van der Waals surface area contributed by atoms with Gasteiger partial charge < -0.3 is 9.80 Å². The monoisotopic (exact) mass is 622 g/mol. The highest BCUT2D eigenvalue weighted by Gasteiger charge is 2.58. The Morgan fingerprint density at radius 2 is 0.583 bits per heavy atom. The highest BCUT2D eigenvalue weighted by molar-refractivity contribution is 5.78. The fourth-order valence-electron chi connectivity index (χ4n) is 10.0. The fraction of sp³-hybridized carbons (Fsp3) is 0.217. The second-order valence-electron chi connectivity index (χ2n) is 14.3. The van der Waals surface area contributed by atoms with E-state index >= 15 is 0 Å². The van der Waals surface area contributed by atoms with Gasteiger partial charge in [0.25, 0.3) is 0 Å². The van der Waals surface area contributed by atoms with Crippen molar-refractivity contribution in [3.05, 3.63) is 181 Å². The Kier molecular flexibility index (Phi) is 7.38. The van der Waals surface area contributed by atoms with E-state index in [0.717, 1.165) is 11.8 Å². The maximum Gasteiger partial charge on any atom is 0.0461 e. The summed E-state index contributed by atoms with van der Waals surface area (Å²) in [4.78, 5) is 4.76. The van der Waals surface area contributed by atoms with Gasteiger partial charge in [0, 0.05) is 39.5 Å². The average molecular weight is 623 g/mol. The van der Waals surface area contributed by atoms with Gasteiger partial charge in [-0.25, -0.2) is 0 Å². The molecule has 4 fully saturated rings. The number of para-hydroxylation sites is 4. The average Bonchev–Trinajstić information content (AvgIpc) is 3.15. The molecule has 6 aromatic rings. The molecule has 2 heteroatoms. The summed E-state index contributed by atoms with van der Waals surface area (Å²) in [5.41, 5.74) is 10.2. The Bertz CT molecular complexity index is 1720. The standard InChI is InChI=1S/C46H42N2/c1-5-13-40(14-6-1)47(41-15-7-2-8-16-41)44-25-21-36(22-26-44)46(38-30-34-29-35(32-38)33-39(46)31-34)37-23-27-45(28-24-37)48(42-17-9-3-10-18-42)43-19-11-4-12-20-43/h1-28,34-35,38-39H,29-33H2. The van der Waals surface area contributed by atoms with Gasteiger partial charge in [0.1, 0.15) is 0 Å². The third-order valence-corrected chi connectivity index (χ3v) is 11.7. The molecule has 4 aliphatic carbocycles. The number of hydrogen-bond donors (Lipinski definition) is 0. The summed E-state index contributed by atoms with van der Waals surface area (Å²) in [7, 11) is 0. The minimum absolute atomic E-state index is 0.0408. The number of hydrogen-bond acceptors (Lipinski definition) is 2. The zero-order valence-electron chi connectivity index (χ0n) is 27.4. The first kappa shape index (κ1) is 29.1. The van der Waals surface area contributed by atoms with Gasteiger partial charge in [0.05, 0.1) is 0 Å². The van der Waals surface area contributed by atoms with Crippen molar-refractivity contribution < 1.29 is 0 Å². The summed E-state index contributed by atoms with van der Waals surface area (Å²) in [5.74, 6) is 3.17. The van der Waals surface area contributed by atoms with Gasteiger partial charge in [0.15, 0.2) is 0 Å². The fourth-order valence-corrected chi connectivity index (χ4v) is 10.0. The largest absolute Gasteiger partial charge is 0.311 e. The summed E-state index contributed by atoms with van der Waals surface area (Å²) in [5, 5.41) is 0. The van der Waals surface area contributed by atoms with Crippen LogP contribution in [0.25, 0.3) is 0 Å². The van der Waals surface area contributed by atoms with Crippen LogP contribution in [0.15, 0.2) is 170 Å². The molecule has 4 aliphatic rings. The van der Waals surface area contributed by atoms with Crippen LogP contribution in [0.4, 0.5) is 34.1 Å². The molecule has 0 atom stereocenters. The van der Waals surface area contributed by atoms with Crippen molar-refractivity contribution >= 4 is 34.1 Å². The van der Waals surface area contributed by atoms with E-state index in [1.54, 1.807) is 0 Å². The summed E-state index contributed by atoms with van der Waals surface area (Å²) in [6.45, 7) is 0. The van der Waals surface area contributed by atoms with Gasteiger partial charge in [-0.15, -0.1) is 0 Å². The van der Waals surface area contributed by atoms with E-state index in [0.29, 0.717) is 11.8 Å². The van der Waals surface area contributed by atoms with Crippen LogP contribution in [0.5, 0.6) is 0 Å². The molecule has 0 spiro atoms. The van der Waals surface area contributed by atoms with Crippen molar-refractivity contribution in [2.45, 2.75) is 37.5 Å². The van der Waals surface area contributed by atoms with Gasteiger partial charge in [0.2, 0.25) is 0 Å². The number of benzene rings is 6. The van der Waals surface area contributed by atoms with Crippen molar-refractivity contribution in [3.8, 4) is 0 Å². The first-order chi connectivity index (χ1) is 23.8. The van der Waals surface area contributed by atoms with Crippen LogP contribution < -0.4 is 9.80 Å². The lowest BCUT2D eigenvalue weighted by molar-refractivity contribution is -0.0418. The number of rotatable bonds is 8. The van der Waals surface area contributed by atoms with Gasteiger partial charge in [-0.05, 0) is 140 Å². The van der Waals surface area contributed by atoms with E-state index in [1.165, 1.54) is 77.4 Å². The van der Waals surface area contributed by atoms with Gasteiger partial charge in [-0.3, -0.25) is 0 Å². The highest BCUT2D eigenvalue weighted by Crippen LogP contribution is 2.65. The Balaban J connectivity index is 1.14. The minimum atomic E-state index is 0.0408. The van der Waals surface area contributed by atoms with Crippen molar-refractivity contribution in [1.29, 1.82) is 0 Å². The van der Waals surface area contributed by atoms with Gasteiger partial charge in [-0.1, -0.05) is 97.1 Å². The lowest BCUT2D eigenvalue weighted by Gasteiger charge is -2.62. The van der Waals surface area contributed by atoms with E-state index in [4.69, 9.17) is 0 Å². The molecule has 4 saturated carbocycles. The first-order valence-electron chi connectivity index (χ1n) is 17.8. The molecular formula is C46H42N2. The maximum absolute atomic E-state index is 2.48. The van der Waals surface area contributed by atoms with Crippen LogP contribution in [-0.4, -0.2) is 0 Å². The molecule has 0 heterocycles. The maximum atomic E-state index is 2.48. The van der Waals surface area contributed by atoms with E-state index in [2.05, 4.69) is 180 Å². The van der Waals surface area contributed by atoms with E-state index in [9.17, 15) is 0 Å². The van der Waals surface area contributed by atoms with Crippen LogP contribution in [0.3, 0.4) is 0 Å². The Labute approximate surface area is 285 Å². The smallest absolute Gasteiger partial charge is 0.0461 e. The Morgan fingerprint density at radius 1 is 0.312 bits per heavy atom.